The number of hydroxylamine groups is 2. The van der Waals surface area contributed by atoms with Gasteiger partial charge in [-0.3, -0.25) is 0 Å². The fourth-order valence-corrected chi connectivity index (χ4v) is 2.03. The molecule has 0 aromatic rings. The Balaban J connectivity index is 2.11. The van der Waals surface area contributed by atoms with E-state index in [-0.39, 0.29) is 13.1 Å². The summed E-state index contributed by atoms with van der Waals surface area (Å²) in [7, 11) is -3.64. The molecule has 7 heteroatoms. The van der Waals surface area contributed by atoms with Gasteiger partial charge in [0, 0.05) is 0 Å². The van der Waals surface area contributed by atoms with Crippen molar-refractivity contribution in [2.75, 3.05) is 13.1 Å². The molecule has 0 atom stereocenters. The van der Waals surface area contributed by atoms with Gasteiger partial charge >= 0.3 is 10.2 Å². The van der Waals surface area contributed by atoms with Gasteiger partial charge in [-0.05, 0) is 21.1 Å². The standard InChI is InChI=1S/C6H8N2O4S/c9-13(10,7-3-1-5-11-7)8-4-2-6-12-8/h1-2,5-6H,3-4H2. The van der Waals surface area contributed by atoms with Crippen molar-refractivity contribution < 1.29 is 18.1 Å². The lowest BCUT2D eigenvalue weighted by molar-refractivity contribution is -0.0368. The second-order valence-corrected chi connectivity index (χ2v) is 4.14. The topological polar surface area (TPSA) is 59.1 Å². The summed E-state index contributed by atoms with van der Waals surface area (Å²) in [6.45, 7) is 0.421. The van der Waals surface area contributed by atoms with E-state index in [0.717, 1.165) is 8.94 Å². The number of nitrogens with zero attached hydrogens (tertiary/aromatic N) is 2. The first-order valence-corrected chi connectivity index (χ1v) is 5.05. The van der Waals surface area contributed by atoms with Crippen LogP contribution in [0.4, 0.5) is 0 Å². The molecular weight excluding hydrogens is 196 g/mol. The second-order valence-electron chi connectivity index (χ2n) is 2.43. The predicted octanol–water partition coefficient (Wildman–Crippen LogP) is -0.247. The van der Waals surface area contributed by atoms with Crippen LogP contribution in [0.2, 0.25) is 0 Å². The molecule has 0 unspecified atom stereocenters. The summed E-state index contributed by atoms with van der Waals surface area (Å²) >= 11 is 0. The van der Waals surface area contributed by atoms with E-state index >= 15 is 0 Å². The van der Waals surface area contributed by atoms with E-state index in [1.807, 2.05) is 0 Å². The third-order valence-corrected chi connectivity index (χ3v) is 3.07. The van der Waals surface area contributed by atoms with Crippen LogP contribution in [-0.4, -0.2) is 30.4 Å². The van der Waals surface area contributed by atoms with Crippen LogP contribution in [0, 0.1) is 0 Å². The molecule has 0 bridgehead atoms. The fourth-order valence-electron chi connectivity index (χ4n) is 0.965. The van der Waals surface area contributed by atoms with Crippen molar-refractivity contribution in [1.82, 2.24) is 8.94 Å². The Bertz CT molecular complexity index is 304. The van der Waals surface area contributed by atoms with Crippen LogP contribution >= 0.6 is 0 Å². The maximum Gasteiger partial charge on any atom is 0.345 e. The van der Waals surface area contributed by atoms with Crippen molar-refractivity contribution in [2.45, 2.75) is 0 Å². The highest BCUT2D eigenvalue weighted by Crippen LogP contribution is 2.16. The Labute approximate surface area is 75.7 Å². The summed E-state index contributed by atoms with van der Waals surface area (Å²) in [4.78, 5) is 9.49. The van der Waals surface area contributed by atoms with Gasteiger partial charge in [0.2, 0.25) is 0 Å². The third kappa shape index (κ3) is 1.41. The van der Waals surface area contributed by atoms with Crippen molar-refractivity contribution in [3.05, 3.63) is 24.7 Å². The molecule has 72 valence electrons. The van der Waals surface area contributed by atoms with Gasteiger partial charge in [0.15, 0.2) is 0 Å². The molecule has 0 amide bonds. The average Bonchev–Trinajstić information content (AvgIpc) is 2.78. The van der Waals surface area contributed by atoms with Crippen molar-refractivity contribution >= 4 is 10.2 Å². The molecular formula is C6H8N2O4S. The summed E-state index contributed by atoms with van der Waals surface area (Å²) in [6, 6.07) is 0. The largest absolute Gasteiger partial charge is 0.398 e. The van der Waals surface area contributed by atoms with Crippen molar-refractivity contribution in [3.8, 4) is 0 Å². The van der Waals surface area contributed by atoms with Crippen LogP contribution < -0.4 is 0 Å². The number of hydrogen-bond acceptors (Lipinski definition) is 4. The molecule has 6 nitrogen and oxygen atoms in total. The van der Waals surface area contributed by atoms with E-state index in [1.165, 1.54) is 12.5 Å². The first-order valence-electron chi connectivity index (χ1n) is 3.65. The molecule has 2 rings (SSSR count). The zero-order chi connectivity index (χ0) is 9.31. The molecule has 0 spiro atoms. The summed E-state index contributed by atoms with van der Waals surface area (Å²) in [5, 5.41) is 0. The Morgan fingerprint density at radius 1 is 1.00 bits per heavy atom. The van der Waals surface area contributed by atoms with Crippen LogP contribution in [0.15, 0.2) is 24.7 Å². The monoisotopic (exact) mass is 204 g/mol. The van der Waals surface area contributed by atoms with E-state index in [4.69, 9.17) is 9.68 Å². The maximum atomic E-state index is 11.6. The Kier molecular flexibility index (Phi) is 1.98. The Morgan fingerprint density at radius 3 is 1.77 bits per heavy atom. The van der Waals surface area contributed by atoms with Crippen molar-refractivity contribution in [2.24, 2.45) is 0 Å². The highest BCUT2D eigenvalue weighted by atomic mass is 32.2. The summed E-state index contributed by atoms with van der Waals surface area (Å²) in [5.74, 6) is 0. The Morgan fingerprint density at radius 2 is 1.46 bits per heavy atom. The predicted molar refractivity (Wildman–Crippen MR) is 42.8 cm³/mol. The van der Waals surface area contributed by atoms with Gasteiger partial charge in [-0.15, -0.1) is 0 Å². The SMILES string of the molecule is O=S(=O)(N1CC=CO1)N1CC=CO1. The van der Waals surface area contributed by atoms with Crippen molar-refractivity contribution in [3.63, 3.8) is 0 Å². The van der Waals surface area contributed by atoms with Gasteiger partial charge < -0.3 is 9.68 Å². The minimum absolute atomic E-state index is 0.211. The molecule has 0 fully saturated rings. The third-order valence-electron chi connectivity index (χ3n) is 1.57. The molecule has 2 aliphatic rings. The van der Waals surface area contributed by atoms with E-state index in [1.54, 1.807) is 12.2 Å². The molecule has 0 radical (unpaired) electrons. The van der Waals surface area contributed by atoms with Gasteiger partial charge in [-0.1, -0.05) is 0 Å². The van der Waals surface area contributed by atoms with Crippen LogP contribution in [0.1, 0.15) is 0 Å². The second kappa shape index (κ2) is 3.02. The lowest BCUT2D eigenvalue weighted by atomic mass is 10.7. The van der Waals surface area contributed by atoms with Crippen molar-refractivity contribution in [1.29, 1.82) is 0 Å². The summed E-state index contributed by atoms with van der Waals surface area (Å²) < 4.78 is 24.8. The van der Waals surface area contributed by atoms with Gasteiger partial charge in [0.1, 0.15) is 12.5 Å². The van der Waals surface area contributed by atoms with Crippen LogP contribution in [0.5, 0.6) is 0 Å². The first-order chi connectivity index (χ1) is 6.21. The van der Waals surface area contributed by atoms with Gasteiger partial charge in [-0.25, -0.2) is 0 Å². The molecule has 13 heavy (non-hydrogen) atoms. The molecule has 0 aromatic carbocycles. The lowest BCUT2D eigenvalue weighted by Gasteiger charge is -2.20. The molecule has 0 aromatic heterocycles. The Hall–Kier alpha value is -1.05. The van der Waals surface area contributed by atoms with E-state index < -0.39 is 10.2 Å². The lowest BCUT2D eigenvalue weighted by Crippen LogP contribution is -2.39. The molecule has 0 aliphatic carbocycles. The van der Waals surface area contributed by atoms with Gasteiger partial charge in [0.25, 0.3) is 0 Å². The van der Waals surface area contributed by atoms with Gasteiger partial charge in [-0.2, -0.15) is 8.42 Å². The molecule has 0 saturated carbocycles. The smallest absolute Gasteiger partial charge is 0.345 e. The molecule has 0 saturated heterocycles. The number of hydrogen-bond donors (Lipinski definition) is 0. The van der Waals surface area contributed by atoms with E-state index in [2.05, 4.69) is 0 Å². The maximum absolute atomic E-state index is 11.6. The zero-order valence-electron chi connectivity index (χ0n) is 6.66. The quantitative estimate of drug-likeness (QED) is 0.622. The molecule has 2 aliphatic heterocycles. The normalized spacial score (nSPS) is 23.4. The van der Waals surface area contributed by atoms with Crippen LogP contribution in [-0.2, 0) is 19.9 Å². The first kappa shape index (κ1) is 8.54. The summed E-state index contributed by atoms with van der Waals surface area (Å²) in [5.41, 5.74) is 0. The highest BCUT2D eigenvalue weighted by Gasteiger charge is 2.34. The molecule has 2 heterocycles. The van der Waals surface area contributed by atoms with Crippen LogP contribution in [0.3, 0.4) is 0 Å². The summed E-state index contributed by atoms with van der Waals surface area (Å²) in [6.07, 6.45) is 5.84. The highest BCUT2D eigenvalue weighted by molar-refractivity contribution is 7.86. The minimum atomic E-state index is -3.64. The fraction of sp³-hybridized carbons (Fsp3) is 0.333. The molecule has 0 N–H and O–H groups in total. The van der Waals surface area contributed by atoms with E-state index in [0.29, 0.717) is 0 Å². The number of rotatable bonds is 2. The van der Waals surface area contributed by atoms with Crippen LogP contribution in [0.25, 0.3) is 0 Å². The zero-order valence-corrected chi connectivity index (χ0v) is 7.48. The average molecular weight is 204 g/mol. The van der Waals surface area contributed by atoms with E-state index in [9.17, 15) is 8.42 Å². The minimum Gasteiger partial charge on any atom is -0.398 e. The van der Waals surface area contributed by atoms with Gasteiger partial charge in [0.05, 0.1) is 13.1 Å².